The molecule has 1 amide bonds. The van der Waals surface area contributed by atoms with Crippen molar-refractivity contribution in [2.75, 3.05) is 13.7 Å². The van der Waals surface area contributed by atoms with Gasteiger partial charge in [0, 0.05) is 6.54 Å². The van der Waals surface area contributed by atoms with E-state index in [2.05, 4.69) is 52.2 Å². The molecule has 1 N–H and O–H groups in total. The van der Waals surface area contributed by atoms with E-state index in [1.54, 1.807) is 19.3 Å². The first-order valence-electron chi connectivity index (χ1n) is 12.1. The van der Waals surface area contributed by atoms with Crippen molar-refractivity contribution in [2.24, 2.45) is 0 Å². The second-order valence-electron chi connectivity index (χ2n) is 8.39. The van der Waals surface area contributed by atoms with Gasteiger partial charge in [-0.2, -0.15) is 5.26 Å². The highest BCUT2D eigenvalue weighted by Gasteiger charge is 2.15. The van der Waals surface area contributed by atoms with Crippen LogP contribution in [0.25, 0.3) is 16.8 Å². The van der Waals surface area contributed by atoms with Crippen LogP contribution in [0.5, 0.6) is 17.2 Å². The Morgan fingerprint density at radius 3 is 2.53 bits per heavy atom. The number of rotatable bonds is 10. The SMILES string of the molecule is CCOc1cc(/C=C(/C#N)C(=O)NCc2ccc(OC)cc2)cc(I)c1OCc1cccc2ccccc12. The highest BCUT2D eigenvalue weighted by molar-refractivity contribution is 14.1. The fraction of sp³-hybridized carbons (Fsp3) is 0.161. The first kappa shape index (κ1) is 27.0. The van der Waals surface area contributed by atoms with Crippen molar-refractivity contribution in [3.8, 4) is 23.3 Å². The van der Waals surface area contributed by atoms with E-state index in [0.717, 1.165) is 31.2 Å². The van der Waals surface area contributed by atoms with Crippen LogP contribution in [0.3, 0.4) is 0 Å². The molecule has 38 heavy (non-hydrogen) atoms. The number of nitrogens with zero attached hydrogens (tertiary/aromatic N) is 1. The van der Waals surface area contributed by atoms with Gasteiger partial charge in [-0.05, 0) is 87.3 Å². The largest absolute Gasteiger partial charge is 0.497 e. The third-order valence-corrected chi connectivity index (χ3v) is 6.67. The molecule has 0 fully saturated rings. The average molecular weight is 618 g/mol. The highest BCUT2D eigenvalue weighted by atomic mass is 127. The van der Waals surface area contributed by atoms with Crippen LogP contribution < -0.4 is 19.5 Å². The van der Waals surface area contributed by atoms with Gasteiger partial charge >= 0.3 is 0 Å². The number of hydrogen-bond donors (Lipinski definition) is 1. The summed E-state index contributed by atoms with van der Waals surface area (Å²) < 4.78 is 18.1. The zero-order chi connectivity index (χ0) is 26.9. The van der Waals surface area contributed by atoms with E-state index in [1.807, 2.05) is 61.5 Å². The van der Waals surface area contributed by atoms with E-state index in [9.17, 15) is 10.1 Å². The number of ether oxygens (including phenoxy) is 3. The number of fused-ring (bicyclic) bond motifs is 1. The Morgan fingerprint density at radius 1 is 1.03 bits per heavy atom. The Labute approximate surface area is 236 Å². The fourth-order valence-electron chi connectivity index (χ4n) is 3.98. The van der Waals surface area contributed by atoms with Crippen LogP contribution in [0.4, 0.5) is 0 Å². The predicted molar refractivity (Wildman–Crippen MR) is 157 cm³/mol. The second-order valence-corrected chi connectivity index (χ2v) is 9.55. The summed E-state index contributed by atoms with van der Waals surface area (Å²) in [5, 5.41) is 14.8. The van der Waals surface area contributed by atoms with Crippen LogP contribution in [0.15, 0.2) is 84.4 Å². The summed E-state index contributed by atoms with van der Waals surface area (Å²) in [6.45, 7) is 3.02. The Bertz CT molecular complexity index is 1500. The molecule has 0 spiro atoms. The maximum atomic E-state index is 12.7. The Balaban J connectivity index is 1.52. The van der Waals surface area contributed by atoms with Crippen LogP contribution >= 0.6 is 22.6 Å². The molecule has 0 aliphatic heterocycles. The normalized spacial score (nSPS) is 11.1. The summed E-state index contributed by atoms with van der Waals surface area (Å²) in [5.41, 5.74) is 2.65. The van der Waals surface area contributed by atoms with Gasteiger partial charge < -0.3 is 19.5 Å². The second kappa shape index (κ2) is 13.0. The van der Waals surface area contributed by atoms with Crippen molar-refractivity contribution >= 4 is 45.3 Å². The molecule has 7 heteroatoms. The standard InChI is InChI=1S/C31H27IN2O4/c1-3-37-29-17-22(15-25(18-33)31(35)34-19-21-11-13-26(36-2)14-12-21)16-28(32)30(29)38-20-24-9-6-8-23-7-4-5-10-27(23)24/h4-17H,3,19-20H2,1-2H3,(H,34,35)/b25-15-. The third-order valence-electron chi connectivity index (χ3n) is 5.87. The summed E-state index contributed by atoms with van der Waals surface area (Å²) >= 11 is 2.19. The smallest absolute Gasteiger partial charge is 0.262 e. The molecule has 0 saturated heterocycles. The molecule has 0 saturated carbocycles. The fourth-order valence-corrected chi connectivity index (χ4v) is 4.76. The van der Waals surface area contributed by atoms with Crippen LogP contribution in [0.2, 0.25) is 0 Å². The molecule has 4 rings (SSSR count). The van der Waals surface area contributed by atoms with Gasteiger partial charge in [0.15, 0.2) is 11.5 Å². The molecule has 192 valence electrons. The number of nitrogens with one attached hydrogen (secondary N) is 1. The molecular formula is C31H27IN2O4. The number of benzene rings is 4. The third kappa shape index (κ3) is 6.64. The zero-order valence-corrected chi connectivity index (χ0v) is 23.3. The molecule has 4 aromatic carbocycles. The number of carbonyl (C=O) groups excluding carboxylic acids is 1. The first-order valence-corrected chi connectivity index (χ1v) is 13.2. The number of halogens is 1. The number of methoxy groups -OCH3 is 1. The van der Waals surface area contributed by atoms with Crippen molar-refractivity contribution in [3.05, 3.63) is 105 Å². The Hall–Kier alpha value is -4.03. The molecular weight excluding hydrogens is 591 g/mol. The molecule has 0 unspecified atom stereocenters. The molecule has 0 radical (unpaired) electrons. The van der Waals surface area contributed by atoms with E-state index in [4.69, 9.17) is 14.2 Å². The van der Waals surface area contributed by atoms with Crippen LogP contribution in [0, 0.1) is 14.9 Å². The lowest BCUT2D eigenvalue weighted by molar-refractivity contribution is -0.117. The molecule has 0 atom stereocenters. The van der Waals surface area contributed by atoms with Crippen molar-refractivity contribution in [1.82, 2.24) is 5.32 Å². The Morgan fingerprint density at radius 2 is 1.79 bits per heavy atom. The molecule has 0 heterocycles. The highest BCUT2D eigenvalue weighted by Crippen LogP contribution is 2.36. The van der Waals surface area contributed by atoms with E-state index in [0.29, 0.717) is 36.8 Å². The minimum atomic E-state index is -0.451. The summed E-state index contributed by atoms with van der Waals surface area (Å²) in [6, 6.07) is 27.4. The Kier molecular flexibility index (Phi) is 9.22. The quantitative estimate of drug-likeness (QED) is 0.122. The van der Waals surface area contributed by atoms with Crippen LogP contribution in [-0.2, 0) is 17.9 Å². The minimum Gasteiger partial charge on any atom is -0.497 e. The molecule has 0 bridgehead atoms. The van der Waals surface area contributed by atoms with Crippen molar-refractivity contribution < 1.29 is 19.0 Å². The van der Waals surface area contributed by atoms with Crippen molar-refractivity contribution in [3.63, 3.8) is 0 Å². The van der Waals surface area contributed by atoms with E-state index in [-0.39, 0.29) is 5.57 Å². The monoisotopic (exact) mass is 618 g/mol. The summed E-state index contributed by atoms with van der Waals surface area (Å²) in [6.07, 6.45) is 1.56. The van der Waals surface area contributed by atoms with Gasteiger partial charge in [0.2, 0.25) is 0 Å². The average Bonchev–Trinajstić information content (AvgIpc) is 2.94. The molecule has 6 nitrogen and oxygen atoms in total. The number of hydrogen-bond acceptors (Lipinski definition) is 5. The summed E-state index contributed by atoms with van der Waals surface area (Å²) in [5.74, 6) is 1.47. The number of carbonyl (C=O) groups is 1. The lowest BCUT2D eigenvalue weighted by atomic mass is 10.1. The van der Waals surface area contributed by atoms with Gasteiger partial charge in [0.25, 0.3) is 5.91 Å². The van der Waals surface area contributed by atoms with E-state index >= 15 is 0 Å². The number of amides is 1. The van der Waals surface area contributed by atoms with Gasteiger partial charge in [0.05, 0.1) is 17.3 Å². The van der Waals surface area contributed by atoms with E-state index < -0.39 is 5.91 Å². The van der Waals surface area contributed by atoms with Crippen molar-refractivity contribution in [1.29, 1.82) is 5.26 Å². The maximum absolute atomic E-state index is 12.7. The van der Waals surface area contributed by atoms with Gasteiger partial charge in [-0.3, -0.25) is 4.79 Å². The topological polar surface area (TPSA) is 80.6 Å². The van der Waals surface area contributed by atoms with Gasteiger partial charge in [-0.15, -0.1) is 0 Å². The van der Waals surface area contributed by atoms with Gasteiger partial charge in [0.1, 0.15) is 24.0 Å². The molecule has 4 aromatic rings. The molecule has 0 aliphatic carbocycles. The van der Waals surface area contributed by atoms with Crippen molar-refractivity contribution in [2.45, 2.75) is 20.1 Å². The summed E-state index contributed by atoms with van der Waals surface area (Å²) in [4.78, 5) is 12.7. The first-order chi connectivity index (χ1) is 18.5. The lowest BCUT2D eigenvalue weighted by Crippen LogP contribution is -2.23. The van der Waals surface area contributed by atoms with Crippen LogP contribution in [-0.4, -0.2) is 19.6 Å². The molecule has 0 aliphatic rings. The zero-order valence-electron chi connectivity index (χ0n) is 21.2. The van der Waals surface area contributed by atoms with Gasteiger partial charge in [-0.25, -0.2) is 0 Å². The van der Waals surface area contributed by atoms with Gasteiger partial charge in [-0.1, -0.05) is 54.6 Å². The lowest BCUT2D eigenvalue weighted by Gasteiger charge is -2.16. The predicted octanol–water partition coefficient (Wildman–Crippen LogP) is 6.65. The van der Waals surface area contributed by atoms with E-state index in [1.165, 1.54) is 0 Å². The van der Waals surface area contributed by atoms with Crippen LogP contribution in [0.1, 0.15) is 23.6 Å². The molecule has 0 aromatic heterocycles. The summed E-state index contributed by atoms with van der Waals surface area (Å²) in [7, 11) is 1.60. The number of nitriles is 1. The minimum absolute atomic E-state index is 0.00110. The maximum Gasteiger partial charge on any atom is 0.262 e.